The number of benzene rings is 1. The summed E-state index contributed by atoms with van der Waals surface area (Å²) in [5.41, 5.74) is 0.331. The van der Waals surface area contributed by atoms with Crippen LogP contribution in [-0.2, 0) is 16.1 Å². The second-order valence-corrected chi connectivity index (χ2v) is 5.70. The molecule has 0 saturated heterocycles. The number of rotatable bonds is 8. The number of ether oxygens (including phenoxy) is 1. The topological polar surface area (TPSA) is 46.5 Å². The lowest BCUT2D eigenvalue weighted by Gasteiger charge is -2.18. The molecule has 0 aliphatic carbocycles. The maximum Gasteiger partial charge on any atom is 0.309 e. The summed E-state index contributed by atoms with van der Waals surface area (Å²) < 4.78 is 5.54. The molecular weight excluding hydrogens is 264 g/mol. The van der Waals surface area contributed by atoms with Crippen molar-refractivity contribution in [2.45, 2.75) is 39.7 Å². The number of halogens is 1. The predicted molar refractivity (Wildman–Crippen MR) is 76.4 cm³/mol. The number of hydrogen-bond acceptors (Lipinski definition) is 2. The highest BCUT2D eigenvalue weighted by molar-refractivity contribution is 6.31. The number of carboxylic acid groups (broad SMARTS) is 1. The average Bonchev–Trinajstić information content (AvgIpc) is 2.35. The molecule has 1 aromatic carbocycles. The molecule has 0 aliphatic heterocycles. The molecule has 1 aromatic rings. The average molecular weight is 285 g/mol. The molecular formula is C15H21ClO3. The van der Waals surface area contributed by atoms with Crippen LogP contribution in [0.25, 0.3) is 0 Å². The van der Waals surface area contributed by atoms with Crippen molar-refractivity contribution in [3.8, 4) is 0 Å². The first kappa shape index (κ1) is 16.0. The molecule has 19 heavy (non-hydrogen) atoms. The third-order valence-corrected chi connectivity index (χ3v) is 3.50. The normalized spacial score (nSPS) is 11.5. The fourth-order valence-electron chi connectivity index (χ4n) is 1.68. The molecule has 0 unspecified atom stereocenters. The molecule has 0 aromatic heterocycles. The molecule has 0 saturated carbocycles. The van der Waals surface area contributed by atoms with E-state index in [1.54, 1.807) is 13.8 Å². The lowest BCUT2D eigenvalue weighted by molar-refractivity contribution is -0.147. The van der Waals surface area contributed by atoms with Crippen LogP contribution in [0.5, 0.6) is 0 Å². The molecule has 0 fully saturated rings. The Bertz CT molecular complexity index is 416. The summed E-state index contributed by atoms with van der Waals surface area (Å²) in [4.78, 5) is 10.9. The van der Waals surface area contributed by atoms with Gasteiger partial charge in [0.1, 0.15) is 0 Å². The summed E-state index contributed by atoms with van der Waals surface area (Å²) in [6, 6.07) is 7.60. The molecule has 0 spiro atoms. The molecule has 0 radical (unpaired) electrons. The quantitative estimate of drug-likeness (QED) is 0.730. The van der Waals surface area contributed by atoms with Crippen LogP contribution in [0, 0.1) is 5.41 Å². The Morgan fingerprint density at radius 1 is 1.32 bits per heavy atom. The van der Waals surface area contributed by atoms with Crippen molar-refractivity contribution in [3.05, 3.63) is 34.9 Å². The first-order valence-corrected chi connectivity index (χ1v) is 6.86. The van der Waals surface area contributed by atoms with Crippen molar-refractivity contribution in [2.24, 2.45) is 5.41 Å². The van der Waals surface area contributed by atoms with E-state index in [0.717, 1.165) is 23.4 Å². The number of carboxylic acids is 1. The van der Waals surface area contributed by atoms with Crippen molar-refractivity contribution < 1.29 is 14.6 Å². The predicted octanol–water partition coefficient (Wildman–Crippen LogP) is 4.14. The second-order valence-electron chi connectivity index (χ2n) is 5.29. The zero-order valence-corrected chi connectivity index (χ0v) is 12.2. The fraction of sp³-hybridized carbons (Fsp3) is 0.533. The van der Waals surface area contributed by atoms with Crippen LogP contribution in [0.2, 0.25) is 5.02 Å². The van der Waals surface area contributed by atoms with Crippen molar-refractivity contribution in [2.75, 3.05) is 6.61 Å². The van der Waals surface area contributed by atoms with E-state index in [1.807, 2.05) is 24.3 Å². The van der Waals surface area contributed by atoms with Crippen molar-refractivity contribution >= 4 is 17.6 Å². The highest BCUT2D eigenvalue weighted by Crippen LogP contribution is 2.23. The molecule has 0 atom stereocenters. The van der Waals surface area contributed by atoms with Crippen LogP contribution in [0.1, 0.15) is 38.7 Å². The Morgan fingerprint density at radius 3 is 2.63 bits per heavy atom. The lowest BCUT2D eigenvalue weighted by atomic mass is 9.87. The van der Waals surface area contributed by atoms with Crippen LogP contribution in [0.4, 0.5) is 0 Å². The summed E-state index contributed by atoms with van der Waals surface area (Å²) in [5.74, 6) is -0.746. The summed E-state index contributed by atoms with van der Waals surface area (Å²) >= 11 is 6.01. The lowest BCUT2D eigenvalue weighted by Crippen LogP contribution is -2.23. The van der Waals surface area contributed by atoms with Crippen molar-refractivity contribution in [1.82, 2.24) is 0 Å². The molecule has 0 aliphatic rings. The van der Waals surface area contributed by atoms with Crippen molar-refractivity contribution in [3.63, 3.8) is 0 Å². The molecule has 1 rings (SSSR count). The second kappa shape index (κ2) is 7.51. The van der Waals surface area contributed by atoms with Gasteiger partial charge in [-0.05, 0) is 38.3 Å². The molecule has 0 amide bonds. The van der Waals surface area contributed by atoms with E-state index in [1.165, 1.54) is 0 Å². The van der Waals surface area contributed by atoms with Gasteiger partial charge in [-0.3, -0.25) is 4.79 Å². The van der Waals surface area contributed by atoms with Gasteiger partial charge >= 0.3 is 5.97 Å². The minimum absolute atomic E-state index is 0.502. The summed E-state index contributed by atoms with van der Waals surface area (Å²) in [6.45, 7) is 4.63. The van der Waals surface area contributed by atoms with Gasteiger partial charge in [-0.15, -0.1) is 0 Å². The van der Waals surface area contributed by atoms with Gasteiger partial charge in [0.05, 0.1) is 12.0 Å². The molecule has 106 valence electrons. The van der Waals surface area contributed by atoms with Crippen LogP contribution in [0.3, 0.4) is 0 Å². The maximum atomic E-state index is 10.9. The zero-order chi connectivity index (χ0) is 14.3. The van der Waals surface area contributed by atoms with Crippen LogP contribution >= 0.6 is 11.6 Å². The third kappa shape index (κ3) is 5.62. The molecule has 0 heterocycles. The summed E-state index contributed by atoms with van der Waals surface area (Å²) in [5, 5.41) is 9.69. The minimum atomic E-state index is -0.746. The smallest absolute Gasteiger partial charge is 0.309 e. The van der Waals surface area contributed by atoms with Crippen LogP contribution in [0.15, 0.2) is 24.3 Å². The van der Waals surface area contributed by atoms with E-state index in [0.29, 0.717) is 19.6 Å². The minimum Gasteiger partial charge on any atom is -0.481 e. The molecule has 4 heteroatoms. The van der Waals surface area contributed by atoms with Gasteiger partial charge in [-0.2, -0.15) is 0 Å². The Balaban J connectivity index is 2.16. The van der Waals surface area contributed by atoms with Gasteiger partial charge in [0.15, 0.2) is 0 Å². The highest BCUT2D eigenvalue weighted by Gasteiger charge is 2.25. The Hall–Kier alpha value is -1.06. The van der Waals surface area contributed by atoms with E-state index < -0.39 is 11.4 Å². The van der Waals surface area contributed by atoms with E-state index in [2.05, 4.69) is 0 Å². The standard InChI is InChI=1S/C15H21ClO3/c1-15(2,14(17)18)9-5-6-10-19-11-12-7-3-4-8-13(12)16/h3-4,7-8H,5-6,9-11H2,1-2H3,(H,17,18). The van der Waals surface area contributed by atoms with E-state index in [4.69, 9.17) is 21.4 Å². The largest absolute Gasteiger partial charge is 0.481 e. The van der Waals surface area contributed by atoms with Crippen LogP contribution < -0.4 is 0 Å². The first-order valence-electron chi connectivity index (χ1n) is 6.48. The zero-order valence-electron chi connectivity index (χ0n) is 11.5. The highest BCUT2D eigenvalue weighted by atomic mass is 35.5. The van der Waals surface area contributed by atoms with Gasteiger partial charge in [-0.25, -0.2) is 0 Å². The summed E-state index contributed by atoms with van der Waals surface area (Å²) in [6.07, 6.45) is 2.38. The summed E-state index contributed by atoms with van der Waals surface area (Å²) in [7, 11) is 0. The van der Waals surface area contributed by atoms with Gasteiger partial charge in [0, 0.05) is 11.6 Å². The monoisotopic (exact) mass is 284 g/mol. The van der Waals surface area contributed by atoms with E-state index in [-0.39, 0.29) is 0 Å². The Labute approximate surface area is 119 Å². The molecule has 1 N–H and O–H groups in total. The Morgan fingerprint density at radius 2 is 2.00 bits per heavy atom. The van der Waals surface area contributed by atoms with Gasteiger partial charge in [0.25, 0.3) is 0 Å². The maximum absolute atomic E-state index is 10.9. The van der Waals surface area contributed by atoms with Gasteiger partial charge in [-0.1, -0.05) is 36.2 Å². The van der Waals surface area contributed by atoms with Crippen molar-refractivity contribution in [1.29, 1.82) is 0 Å². The van der Waals surface area contributed by atoms with Gasteiger partial charge in [0.2, 0.25) is 0 Å². The van der Waals surface area contributed by atoms with Crippen LogP contribution in [-0.4, -0.2) is 17.7 Å². The number of aliphatic carboxylic acids is 1. The van der Waals surface area contributed by atoms with Gasteiger partial charge < -0.3 is 9.84 Å². The third-order valence-electron chi connectivity index (χ3n) is 3.13. The number of hydrogen-bond donors (Lipinski definition) is 1. The van der Waals surface area contributed by atoms with E-state index >= 15 is 0 Å². The fourth-order valence-corrected chi connectivity index (χ4v) is 1.87. The first-order chi connectivity index (χ1) is 8.93. The van der Waals surface area contributed by atoms with E-state index in [9.17, 15) is 4.79 Å². The molecule has 0 bridgehead atoms. The Kier molecular flexibility index (Phi) is 6.32. The molecule has 3 nitrogen and oxygen atoms in total. The SMILES string of the molecule is CC(C)(CCCCOCc1ccccc1Cl)C(=O)O. The number of unbranched alkanes of at least 4 members (excludes halogenated alkanes) is 1. The number of carbonyl (C=O) groups is 1.